The predicted octanol–water partition coefficient (Wildman–Crippen LogP) is 5.31. The van der Waals surface area contributed by atoms with Gasteiger partial charge in [0.25, 0.3) is 0 Å². The van der Waals surface area contributed by atoms with Gasteiger partial charge in [-0.1, -0.05) is 82.5 Å². The molecule has 0 unspecified atom stereocenters. The number of unbranched alkanes of at least 4 members (excludes halogenated alkanes) is 3. The minimum absolute atomic E-state index is 0.972. The number of carboxylic acid groups (broad SMARTS) is 1. The van der Waals surface area contributed by atoms with Crippen LogP contribution in [0.1, 0.15) is 71.8 Å². The van der Waals surface area contributed by atoms with E-state index < -0.39 is 5.97 Å². The summed E-state index contributed by atoms with van der Waals surface area (Å²) in [5, 5.41) is 11.7. The summed E-state index contributed by atoms with van der Waals surface area (Å²) in [4.78, 5) is 8.89. The fourth-order valence-electron chi connectivity index (χ4n) is 3.84. The van der Waals surface area contributed by atoms with Gasteiger partial charge < -0.3 is 14.4 Å². The normalized spacial score (nSPS) is 11.1. The second-order valence-corrected chi connectivity index (χ2v) is 7.86. The van der Waals surface area contributed by atoms with Gasteiger partial charge >= 0.3 is 0 Å². The molecule has 3 nitrogen and oxygen atoms in total. The van der Waals surface area contributed by atoms with Gasteiger partial charge in [0.1, 0.15) is 6.54 Å². The van der Waals surface area contributed by atoms with Crippen molar-refractivity contribution in [2.45, 2.75) is 72.8 Å². The van der Waals surface area contributed by atoms with Crippen molar-refractivity contribution < 1.29 is 14.4 Å². The highest BCUT2D eigenvalue weighted by molar-refractivity contribution is 5.85. The molecule has 0 aliphatic heterocycles. The number of aliphatic carboxylic acids is 1. The maximum atomic E-state index is 8.89. The zero-order valence-corrected chi connectivity index (χ0v) is 18.4. The van der Waals surface area contributed by atoms with Crippen molar-refractivity contribution in [3.05, 3.63) is 48.0 Å². The van der Waals surface area contributed by atoms with Crippen LogP contribution in [0, 0.1) is 0 Å². The van der Waals surface area contributed by atoms with E-state index in [4.69, 9.17) is 9.90 Å². The SMILES string of the molecule is CC(=O)[O-].CCCC[N+](CCCC)(CCCC)Cc1cccc2ccccc12. The minimum Gasteiger partial charge on any atom is -0.550 e. The minimum atomic E-state index is -1.08. The van der Waals surface area contributed by atoms with Crippen molar-refractivity contribution in [3.63, 3.8) is 0 Å². The average molecular weight is 386 g/mol. The van der Waals surface area contributed by atoms with Crippen molar-refractivity contribution in [2.24, 2.45) is 0 Å². The molecule has 0 spiro atoms. The van der Waals surface area contributed by atoms with E-state index in [1.165, 1.54) is 85.5 Å². The summed E-state index contributed by atoms with van der Waals surface area (Å²) < 4.78 is 1.28. The molecule has 0 fully saturated rings. The fraction of sp³-hybridized carbons (Fsp3) is 0.560. The van der Waals surface area contributed by atoms with E-state index in [9.17, 15) is 0 Å². The highest BCUT2D eigenvalue weighted by atomic mass is 16.4. The molecule has 0 aliphatic rings. The third-order valence-corrected chi connectivity index (χ3v) is 5.34. The van der Waals surface area contributed by atoms with E-state index in [0.29, 0.717) is 0 Å². The van der Waals surface area contributed by atoms with Gasteiger partial charge in [-0.2, -0.15) is 0 Å². The van der Waals surface area contributed by atoms with Gasteiger partial charge in [-0.15, -0.1) is 0 Å². The number of nitrogens with zero attached hydrogens (tertiary/aromatic N) is 1. The smallest absolute Gasteiger partial charge is 0.105 e. The van der Waals surface area contributed by atoms with Crippen LogP contribution in [0.15, 0.2) is 42.5 Å². The topological polar surface area (TPSA) is 40.1 Å². The molecule has 0 saturated carbocycles. The van der Waals surface area contributed by atoms with Crippen LogP contribution in [-0.2, 0) is 11.3 Å². The number of carboxylic acids is 1. The van der Waals surface area contributed by atoms with Crippen molar-refractivity contribution in [1.82, 2.24) is 0 Å². The maximum absolute atomic E-state index is 8.89. The average Bonchev–Trinajstić information content (AvgIpc) is 2.69. The van der Waals surface area contributed by atoms with Crippen molar-refractivity contribution in [1.29, 1.82) is 0 Å². The summed E-state index contributed by atoms with van der Waals surface area (Å²) in [7, 11) is 0. The van der Waals surface area contributed by atoms with E-state index >= 15 is 0 Å². The Bertz CT molecular complexity index is 665. The lowest BCUT2D eigenvalue weighted by Crippen LogP contribution is -2.49. The number of quaternary nitrogens is 1. The van der Waals surface area contributed by atoms with Crippen molar-refractivity contribution >= 4 is 16.7 Å². The van der Waals surface area contributed by atoms with Crippen LogP contribution in [0.25, 0.3) is 10.8 Å². The van der Waals surface area contributed by atoms with Gasteiger partial charge in [0.05, 0.1) is 19.6 Å². The molecule has 0 amide bonds. The number of fused-ring (bicyclic) bond motifs is 1. The van der Waals surface area contributed by atoms with Gasteiger partial charge in [0.15, 0.2) is 0 Å². The monoisotopic (exact) mass is 385 g/mol. The number of benzene rings is 2. The van der Waals surface area contributed by atoms with E-state index in [0.717, 1.165) is 6.92 Å². The second-order valence-electron chi connectivity index (χ2n) is 7.86. The zero-order valence-electron chi connectivity index (χ0n) is 18.4. The van der Waals surface area contributed by atoms with Gasteiger partial charge in [-0.05, 0) is 37.0 Å². The third kappa shape index (κ3) is 8.43. The third-order valence-electron chi connectivity index (χ3n) is 5.34. The predicted molar refractivity (Wildman–Crippen MR) is 118 cm³/mol. The first-order valence-corrected chi connectivity index (χ1v) is 11.0. The Kier molecular flexibility index (Phi) is 11.5. The van der Waals surface area contributed by atoms with Crippen LogP contribution in [0.3, 0.4) is 0 Å². The molecular formula is C25H39NO2. The number of hydrogen-bond donors (Lipinski definition) is 0. The number of hydrogen-bond acceptors (Lipinski definition) is 2. The summed E-state index contributed by atoms with van der Waals surface area (Å²) in [6, 6.07) is 15.7. The number of carbonyl (C=O) groups excluding carboxylic acids is 1. The molecule has 0 bridgehead atoms. The van der Waals surface area contributed by atoms with E-state index in [1.807, 2.05) is 0 Å². The lowest BCUT2D eigenvalue weighted by molar-refractivity contribution is -0.941. The number of carbonyl (C=O) groups is 1. The molecule has 3 heteroatoms. The first-order chi connectivity index (χ1) is 13.5. The van der Waals surface area contributed by atoms with Crippen LogP contribution in [0.4, 0.5) is 0 Å². The summed E-state index contributed by atoms with van der Waals surface area (Å²) in [5.41, 5.74) is 1.54. The zero-order chi connectivity index (χ0) is 20.8. The Morgan fingerprint density at radius 2 is 1.29 bits per heavy atom. The first kappa shape index (κ1) is 24.2. The molecule has 0 aromatic heterocycles. The standard InChI is InChI=1S/C23H36N.C2H4O2/c1-4-7-17-24(18-8-5-2,19-9-6-3)20-22-15-12-14-21-13-10-11-16-23(21)22;1-2(3)4/h10-16H,4-9,17-20H2,1-3H3;1H3,(H,3,4)/q+1;/p-1. The quantitative estimate of drug-likeness (QED) is 0.492. The summed E-state index contributed by atoms with van der Waals surface area (Å²) in [5.74, 6) is -1.08. The molecule has 156 valence electrons. The Balaban J connectivity index is 0.000000892. The van der Waals surface area contributed by atoms with Crippen LogP contribution >= 0.6 is 0 Å². The Labute approximate surface area is 172 Å². The summed E-state index contributed by atoms with van der Waals surface area (Å²) in [6.45, 7) is 13.1. The van der Waals surface area contributed by atoms with E-state index in [2.05, 4.69) is 63.2 Å². The molecule has 28 heavy (non-hydrogen) atoms. The number of rotatable bonds is 11. The van der Waals surface area contributed by atoms with E-state index in [1.54, 1.807) is 0 Å². The highest BCUT2D eigenvalue weighted by Gasteiger charge is 2.26. The maximum Gasteiger partial charge on any atom is 0.105 e. The summed E-state index contributed by atoms with van der Waals surface area (Å²) in [6.07, 6.45) is 7.93. The highest BCUT2D eigenvalue weighted by Crippen LogP contribution is 2.25. The first-order valence-electron chi connectivity index (χ1n) is 11.0. The Morgan fingerprint density at radius 3 is 1.79 bits per heavy atom. The lowest BCUT2D eigenvalue weighted by Gasteiger charge is -2.39. The molecule has 0 atom stereocenters. The fourth-order valence-corrected chi connectivity index (χ4v) is 3.84. The molecule has 0 N–H and O–H groups in total. The molecule has 2 rings (SSSR count). The Morgan fingerprint density at radius 1 is 0.821 bits per heavy atom. The summed E-state index contributed by atoms with van der Waals surface area (Å²) >= 11 is 0. The van der Waals surface area contributed by atoms with Crippen molar-refractivity contribution in [3.8, 4) is 0 Å². The van der Waals surface area contributed by atoms with Gasteiger partial charge in [0.2, 0.25) is 0 Å². The second kappa shape index (κ2) is 13.3. The van der Waals surface area contributed by atoms with Crippen LogP contribution < -0.4 is 5.11 Å². The van der Waals surface area contributed by atoms with Gasteiger partial charge in [-0.25, -0.2) is 0 Å². The van der Waals surface area contributed by atoms with Crippen LogP contribution in [-0.4, -0.2) is 30.1 Å². The molecular weight excluding hydrogens is 346 g/mol. The largest absolute Gasteiger partial charge is 0.550 e. The lowest BCUT2D eigenvalue weighted by atomic mass is 10.0. The van der Waals surface area contributed by atoms with E-state index in [-0.39, 0.29) is 0 Å². The van der Waals surface area contributed by atoms with Gasteiger partial charge in [0, 0.05) is 11.5 Å². The molecule has 0 heterocycles. The molecule has 2 aromatic rings. The Hall–Kier alpha value is -1.87. The molecule has 0 aliphatic carbocycles. The van der Waals surface area contributed by atoms with Gasteiger partial charge in [-0.3, -0.25) is 0 Å². The van der Waals surface area contributed by atoms with Crippen LogP contribution in [0.2, 0.25) is 0 Å². The molecule has 2 aromatic carbocycles. The molecule has 0 radical (unpaired) electrons. The molecule has 0 saturated heterocycles. The van der Waals surface area contributed by atoms with Crippen LogP contribution in [0.5, 0.6) is 0 Å². The van der Waals surface area contributed by atoms with Crippen molar-refractivity contribution in [2.75, 3.05) is 19.6 Å².